The van der Waals surface area contributed by atoms with Gasteiger partial charge in [-0.15, -0.1) is 0 Å². The first kappa shape index (κ1) is 14.3. The molecule has 2 heterocycles. The minimum absolute atomic E-state index is 0.180. The summed E-state index contributed by atoms with van der Waals surface area (Å²) < 4.78 is 27.0. The van der Waals surface area contributed by atoms with Crippen molar-refractivity contribution >= 4 is 22.1 Å². The normalized spacial score (nSPS) is 28.7. The van der Waals surface area contributed by atoms with Crippen molar-refractivity contribution in [2.45, 2.75) is 36.2 Å². The maximum Gasteiger partial charge on any atom is 0.308 e. The number of fused-ring (bicyclic) bond motifs is 2. The number of benzene rings is 1. The smallest absolute Gasteiger partial charge is 0.308 e. The Hall–Kier alpha value is -1.66. The Morgan fingerprint density at radius 1 is 1.29 bits per heavy atom. The number of carboxylic acid groups (broad SMARTS) is 1. The van der Waals surface area contributed by atoms with Gasteiger partial charge in [-0.25, -0.2) is 8.42 Å². The van der Waals surface area contributed by atoms with E-state index in [1.165, 1.54) is 4.31 Å². The van der Waals surface area contributed by atoms with E-state index < -0.39 is 28.0 Å². The molecule has 0 amide bonds. The van der Waals surface area contributed by atoms with E-state index >= 15 is 0 Å². The molecular formula is C15H17NO4S. The highest BCUT2D eigenvalue weighted by atomic mass is 32.2. The number of rotatable bonds is 4. The van der Waals surface area contributed by atoms with Crippen molar-refractivity contribution in [1.29, 1.82) is 0 Å². The van der Waals surface area contributed by atoms with Crippen molar-refractivity contribution < 1.29 is 18.3 Å². The number of aliphatic carboxylic acids is 1. The molecule has 0 aromatic heterocycles. The van der Waals surface area contributed by atoms with Gasteiger partial charge < -0.3 is 5.11 Å². The third kappa shape index (κ3) is 2.18. The average molecular weight is 307 g/mol. The largest absolute Gasteiger partial charge is 0.481 e. The first-order valence-corrected chi connectivity index (χ1v) is 8.38. The molecule has 6 heteroatoms. The molecule has 1 aromatic rings. The number of sulfonamides is 1. The molecule has 0 radical (unpaired) electrons. The van der Waals surface area contributed by atoms with Crippen molar-refractivity contribution in [3.63, 3.8) is 0 Å². The van der Waals surface area contributed by atoms with Gasteiger partial charge in [-0.3, -0.25) is 4.79 Å². The maximum absolute atomic E-state index is 12.8. The fourth-order valence-electron chi connectivity index (χ4n) is 3.48. The lowest BCUT2D eigenvalue weighted by Crippen LogP contribution is -2.37. The summed E-state index contributed by atoms with van der Waals surface area (Å²) in [5.41, 5.74) is 0.849. The van der Waals surface area contributed by atoms with Crippen LogP contribution in [0.15, 0.2) is 35.7 Å². The van der Waals surface area contributed by atoms with Crippen LogP contribution in [0.2, 0.25) is 0 Å². The van der Waals surface area contributed by atoms with Crippen molar-refractivity contribution in [3.8, 4) is 0 Å². The van der Waals surface area contributed by atoms with E-state index in [-0.39, 0.29) is 10.9 Å². The Kier molecular flexibility index (Phi) is 3.37. The van der Waals surface area contributed by atoms with Crippen LogP contribution < -0.4 is 0 Å². The van der Waals surface area contributed by atoms with E-state index in [1.54, 1.807) is 30.3 Å². The van der Waals surface area contributed by atoms with Gasteiger partial charge in [0.25, 0.3) is 0 Å². The average Bonchev–Trinajstić information content (AvgIpc) is 3.05. The third-order valence-corrected chi connectivity index (χ3v) is 6.47. The maximum atomic E-state index is 12.8. The van der Waals surface area contributed by atoms with E-state index in [4.69, 9.17) is 0 Å². The zero-order valence-electron chi connectivity index (χ0n) is 11.5. The Balaban J connectivity index is 1.95. The van der Waals surface area contributed by atoms with Gasteiger partial charge in [0, 0.05) is 12.1 Å². The lowest BCUT2D eigenvalue weighted by Gasteiger charge is -2.22. The molecule has 21 heavy (non-hydrogen) atoms. The monoisotopic (exact) mass is 307 g/mol. The van der Waals surface area contributed by atoms with Gasteiger partial charge >= 0.3 is 5.97 Å². The molecule has 3 unspecified atom stereocenters. The summed E-state index contributed by atoms with van der Waals surface area (Å²) in [7, 11) is -3.63. The lowest BCUT2D eigenvalue weighted by molar-refractivity contribution is -0.142. The zero-order chi connectivity index (χ0) is 15.2. The van der Waals surface area contributed by atoms with Crippen molar-refractivity contribution in [2.75, 3.05) is 0 Å². The van der Waals surface area contributed by atoms with Gasteiger partial charge in [0.2, 0.25) is 10.0 Å². The van der Waals surface area contributed by atoms with Crippen LogP contribution in [0.1, 0.15) is 24.8 Å². The standard InChI is InChI=1S/C15H17NO4S/c1-2-10-3-6-12(7-4-10)21(19,20)16-11-5-8-14(16)13(9-11)15(17)18/h2-4,6-7,11,13-14H,1,5,8-9H2,(H,17,18). The van der Waals surface area contributed by atoms with Gasteiger partial charge in [-0.1, -0.05) is 24.8 Å². The topological polar surface area (TPSA) is 74.7 Å². The van der Waals surface area contributed by atoms with Crippen molar-refractivity contribution in [3.05, 3.63) is 36.4 Å². The predicted octanol–water partition coefficient (Wildman–Crippen LogP) is 1.96. The Bertz CT molecular complexity index is 680. The summed E-state index contributed by atoms with van der Waals surface area (Å²) in [6, 6.07) is 5.93. The second-order valence-corrected chi connectivity index (χ2v) is 7.43. The molecular weight excluding hydrogens is 290 g/mol. The van der Waals surface area contributed by atoms with Gasteiger partial charge in [0.15, 0.2) is 0 Å². The van der Waals surface area contributed by atoms with E-state index in [0.29, 0.717) is 12.8 Å². The SMILES string of the molecule is C=Cc1ccc(S(=O)(=O)N2C3CCC2C(C(=O)O)C3)cc1. The predicted molar refractivity (Wildman–Crippen MR) is 78.1 cm³/mol. The second-order valence-electron chi connectivity index (χ2n) is 5.59. The van der Waals surface area contributed by atoms with Gasteiger partial charge in [0.1, 0.15) is 0 Å². The van der Waals surface area contributed by atoms with Gasteiger partial charge in [0.05, 0.1) is 10.8 Å². The lowest BCUT2D eigenvalue weighted by atomic mass is 9.89. The number of hydrogen-bond acceptors (Lipinski definition) is 3. The zero-order valence-corrected chi connectivity index (χ0v) is 12.3. The van der Waals surface area contributed by atoms with E-state index in [1.807, 2.05) is 0 Å². The summed E-state index contributed by atoms with van der Waals surface area (Å²) in [4.78, 5) is 11.5. The first-order valence-electron chi connectivity index (χ1n) is 6.94. The Morgan fingerprint density at radius 3 is 2.48 bits per heavy atom. The molecule has 5 nitrogen and oxygen atoms in total. The third-order valence-electron chi connectivity index (χ3n) is 4.48. The molecule has 0 saturated carbocycles. The van der Waals surface area contributed by atoms with Crippen LogP contribution in [-0.2, 0) is 14.8 Å². The highest BCUT2D eigenvalue weighted by Crippen LogP contribution is 2.44. The molecule has 2 fully saturated rings. The minimum Gasteiger partial charge on any atom is -0.481 e. The molecule has 2 aliphatic rings. The first-order chi connectivity index (χ1) is 9.95. The van der Waals surface area contributed by atoms with E-state index in [0.717, 1.165) is 12.0 Å². The Labute approximate surface area is 123 Å². The quantitative estimate of drug-likeness (QED) is 0.922. The highest BCUT2D eigenvalue weighted by Gasteiger charge is 2.54. The van der Waals surface area contributed by atoms with Crippen LogP contribution in [0, 0.1) is 5.92 Å². The molecule has 2 bridgehead atoms. The van der Waals surface area contributed by atoms with E-state index in [9.17, 15) is 18.3 Å². The number of nitrogens with zero attached hydrogens (tertiary/aromatic N) is 1. The van der Waals surface area contributed by atoms with Crippen LogP contribution in [0.3, 0.4) is 0 Å². The van der Waals surface area contributed by atoms with Crippen LogP contribution >= 0.6 is 0 Å². The molecule has 2 aliphatic heterocycles. The molecule has 1 N–H and O–H groups in total. The molecule has 1 aromatic carbocycles. The molecule has 112 valence electrons. The summed E-state index contributed by atoms with van der Waals surface area (Å²) in [6.45, 7) is 3.64. The van der Waals surface area contributed by atoms with Gasteiger partial charge in [-0.05, 0) is 37.0 Å². The fraction of sp³-hybridized carbons (Fsp3) is 0.400. The van der Waals surface area contributed by atoms with Crippen LogP contribution in [0.4, 0.5) is 0 Å². The van der Waals surface area contributed by atoms with Crippen molar-refractivity contribution in [2.24, 2.45) is 5.92 Å². The van der Waals surface area contributed by atoms with Crippen molar-refractivity contribution in [1.82, 2.24) is 4.31 Å². The summed E-state index contributed by atoms with van der Waals surface area (Å²) in [6.07, 6.45) is 3.45. The molecule has 3 rings (SSSR count). The van der Waals surface area contributed by atoms with E-state index in [2.05, 4.69) is 6.58 Å². The van der Waals surface area contributed by atoms with Gasteiger partial charge in [-0.2, -0.15) is 4.31 Å². The summed E-state index contributed by atoms with van der Waals surface area (Å²) in [5.74, 6) is -1.48. The highest BCUT2D eigenvalue weighted by molar-refractivity contribution is 7.89. The summed E-state index contributed by atoms with van der Waals surface area (Å²) in [5, 5.41) is 9.23. The Morgan fingerprint density at radius 2 is 1.95 bits per heavy atom. The number of hydrogen-bond donors (Lipinski definition) is 1. The van der Waals surface area contributed by atoms with Crippen LogP contribution in [-0.4, -0.2) is 35.9 Å². The minimum atomic E-state index is -3.63. The molecule has 3 atom stereocenters. The summed E-state index contributed by atoms with van der Waals surface area (Å²) >= 11 is 0. The second kappa shape index (κ2) is 4.96. The molecule has 0 spiro atoms. The number of carbonyl (C=O) groups is 1. The van der Waals surface area contributed by atoms with Crippen LogP contribution in [0.5, 0.6) is 0 Å². The number of carboxylic acids is 1. The molecule has 0 aliphatic carbocycles. The molecule has 2 saturated heterocycles. The fourth-order valence-corrected chi connectivity index (χ4v) is 5.39. The van der Waals surface area contributed by atoms with Crippen LogP contribution in [0.25, 0.3) is 6.08 Å².